The molecule has 1 aliphatic rings. The Morgan fingerprint density at radius 1 is 1.40 bits per heavy atom. The Morgan fingerprint density at radius 2 is 2.15 bits per heavy atom. The van der Waals surface area contributed by atoms with Crippen LogP contribution in [0.3, 0.4) is 0 Å². The molecule has 7 heteroatoms. The van der Waals surface area contributed by atoms with Gasteiger partial charge in [0.15, 0.2) is 11.9 Å². The number of nitrogen functional groups attached to an aromatic ring is 1. The summed E-state index contributed by atoms with van der Waals surface area (Å²) in [5, 5.41) is 10.8. The lowest BCUT2D eigenvalue weighted by atomic mass is 9.96. The molecule has 0 heterocycles. The first kappa shape index (κ1) is 14.0. The zero-order valence-corrected chi connectivity index (χ0v) is 10.7. The van der Waals surface area contributed by atoms with Crippen molar-refractivity contribution in [3.63, 3.8) is 0 Å². The summed E-state index contributed by atoms with van der Waals surface area (Å²) in [7, 11) is 0. The minimum Gasteiger partial charge on any atom is -0.451 e. The average molecular weight is 278 g/mol. The number of Topliss-reactive ketones (excluding diaryl/α,β-unsaturated/α-hetero) is 1. The minimum atomic E-state index is -0.743. The molecule has 0 aliphatic heterocycles. The van der Waals surface area contributed by atoms with Crippen molar-refractivity contribution in [2.75, 3.05) is 5.73 Å². The van der Waals surface area contributed by atoms with Gasteiger partial charge in [-0.25, -0.2) is 4.79 Å². The zero-order valence-electron chi connectivity index (χ0n) is 10.7. The predicted octanol–water partition coefficient (Wildman–Crippen LogP) is 1.85. The van der Waals surface area contributed by atoms with Crippen molar-refractivity contribution in [3.8, 4) is 0 Å². The second-order valence-corrected chi connectivity index (χ2v) is 4.64. The van der Waals surface area contributed by atoms with Crippen LogP contribution < -0.4 is 5.73 Å². The number of carbonyl (C=O) groups excluding carboxylic acids is 2. The number of hydrogen-bond donors (Lipinski definition) is 1. The molecule has 7 nitrogen and oxygen atoms in total. The topological polar surface area (TPSA) is 113 Å². The van der Waals surface area contributed by atoms with Crippen molar-refractivity contribution in [2.24, 2.45) is 0 Å². The van der Waals surface area contributed by atoms with Gasteiger partial charge in [-0.2, -0.15) is 0 Å². The predicted molar refractivity (Wildman–Crippen MR) is 70.2 cm³/mol. The largest absolute Gasteiger partial charge is 0.451 e. The molecule has 2 N–H and O–H groups in total. The number of hydrogen-bond acceptors (Lipinski definition) is 6. The third-order valence-electron chi connectivity index (χ3n) is 3.21. The molecule has 1 fully saturated rings. The van der Waals surface area contributed by atoms with Crippen molar-refractivity contribution < 1.29 is 19.2 Å². The monoisotopic (exact) mass is 278 g/mol. The number of anilines is 1. The van der Waals surface area contributed by atoms with E-state index in [2.05, 4.69) is 0 Å². The Kier molecular flexibility index (Phi) is 3.97. The van der Waals surface area contributed by atoms with Crippen LogP contribution in [0.1, 0.15) is 36.0 Å². The third kappa shape index (κ3) is 2.93. The number of nitrogens with two attached hydrogens (primary N) is 1. The van der Waals surface area contributed by atoms with Crippen LogP contribution in [-0.2, 0) is 9.53 Å². The van der Waals surface area contributed by atoms with E-state index in [0.29, 0.717) is 12.8 Å². The molecule has 0 bridgehead atoms. The molecule has 0 saturated heterocycles. The normalized spacial score (nSPS) is 18.6. The fourth-order valence-electron chi connectivity index (χ4n) is 2.10. The highest BCUT2D eigenvalue weighted by Gasteiger charge is 2.27. The summed E-state index contributed by atoms with van der Waals surface area (Å²) >= 11 is 0. The number of ketones is 1. The zero-order chi connectivity index (χ0) is 14.7. The summed E-state index contributed by atoms with van der Waals surface area (Å²) in [4.78, 5) is 33.6. The van der Waals surface area contributed by atoms with Crippen LogP contribution in [0.5, 0.6) is 0 Å². The Bertz CT molecular complexity index is 570. The van der Waals surface area contributed by atoms with Crippen LogP contribution in [0.25, 0.3) is 0 Å². The number of nitro groups is 1. The SMILES string of the molecule is Nc1ccc(C(=O)O[C@@H]2CCCCC2=O)cc1[N+](=O)[O-]. The standard InChI is InChI=1S/C13H14N2O5/c14-9-6-5-8(7-10(9)15(18)19)13(17)20-12-4-2-1-3-11(12)16/h5-7,12H,1-4,14H2/t12-/m1/s1. The van der Waals surface area contributed by atoms with E-state index in [1.807, 2.05) is 0 Å². The molecule has 0 amide bonds. The van der Waals surface area contributed by atoms with Crippen LogP contribution >= 0.6 is 0 Å². The van der Waals surface area contributed by atoms with E-state index in [1.54, 1.807) is 0 Å². The summed E-state index contributed by atoms with van der Waals surface area (Å²) in [6.45, 7) is 0. The van der Waals surface area contributed by atoms with Gasteiger partial charge in [-0.15, -0.1) is 0 Å². The molecule has 0 aromatic heterocycles. The molecule has 1 aromatic rings. The van der Waals surface area contributed by atoms with Crippen molar-refractivity contribution in [1.82, 2.24) is 0 Å². The number of nitro benzene ring substituents is 1. The van der Waals surface area contributed by atoms with Gasteiger partial charge in [0.05, 0.1) is 10.5 Å². The van der Waals surface area contributed by atoms with Crippen molar-refractivity contribution in [1.29, 1.82) is 0 Å². The fraction of sp³-hybridized carbons (Fsp3) is 0.385. The Morgan fingerprint density at radius 3 is 2.80 bits per heavy atom. The molecule has 1 aliphatic carbocycles. The van der Waals surface area contributed by atoms with Crippen molar-refractivity contribution >= 4 is 23.1 Å². The van der Waals surface area contributed by atoms with Gasteiger partial charge in [-0.05, 0) is 31.4 Å². The second-order valence-electron chi connectivity index (χ2n) is 4.64. The van der Waals surface area contributed by atoms with Gasteiger partial charge in [0.2, 0.25) is 0 Å². The molecule has 20 heavy (non-hydrogen) atoms. The highest BCUT2D eigenvalue weighted by atomic mass is 16.6. The smallest absolute Gasteiger partial charge is 0.339 e. The fourth-order valence-corrected chi connectivity index (χ4v) is 2.10. The highest BCUT2D eigenvalue weighted by molar-refractivity contribution is 5.94. The van der Waals surface area contributed by atoms with E-state index in [0.717, 1.165) is 18.9 Å². The minimum absolute atomic E-state index is 0.0178. The molecule has 1 aromatic carbocycles. The van der Waals surface area contributed by atoms with Gasteiger partial charge in [0.1, 0.15) is 5.69 Å². The van der Waals surface area contributed by atoms with Gasteiger partial charge < -0.3 is 10.5 Å². The quantitative estimate of drug-likeness (QED) is 0.390. The molecule has 0 radical (unpaired) electrons. The number of carbonyl (C=O) groups is 2. The van der Waals surface area contributed by atoms with Gasteiger partial charge in [0.25, 0.3) is 5.69 Å². The summed E-state index contributed by atoms with van der Waals surface area (Å²) < 4.78 is 5.11. The average Bonchev–Trinajstić information content (AvgIpc) is 2.41. The molecule has 1 atom stereocenters. The molecule has 2 rings (SSSR count). The molecule has 106 valence electrons. The summed E-state index contributed by atoms with van der Waals surface area (Å²) in [6, 6.07) is 3.68. The lowest BCUT2D eigenvalue weighted by Gasteiger charge is -2.20. The lowest BCUT2D eigenvalue weighted by molar-refractivity contribution is -0.383. The maximum absolute atomic E-state index is 11.9. The van der Waals surface area contributed by atoms with E-state index < -0.39 is 17.0 Å². The van der Waals surface area contributed by atoms with Gasteiger partial charge in [0, 0.05) is 12.5 Å². The number of rotatable bonds is 3. The maximum atomic E-state index is 11.9. The molecule has 1 saturated carbocycles. The van der Waals surface area contributed by atoms with Gasteiger partial charge in [-0.3, -0.25) is 14.9 Å². The molecule has 0 unspecified atom stereocenters. The van der Waals surface area contributed by atoms with Crippen LogP contribution in [0.2, 0.25) is 0 Å². The van der Waals surface area contributed by atoms with Crippen LogP contribution in [0, 0.1) is 10.1 Å². The van der Waals surface area contributed by atoms with E-state index in [1.165, 1.54) is 12.1 Å². The van der Waals surface area contributed by atoms with E-state index in [-0.39, 0.29) is 22.7 Å². The number of ether oxygens (including phenoxy) is 1. The van der Waals surface area contributed by atoms with Crippen LogP contribution in [0.15, 0.2) is 18.2 Å². The second kappa shape index (κ2) is 5.68. The number of esters is 1. The molecular formula is C13H14N2O5. The first-order valence-electron chi connectivity index (χ1n) is 6.26. The van der Waals surface area contributed by atoms with Crippen LogP contribution in [0.4, 0.5) is 11.4 Å². The first-order valence-corrected chi connectivity index (χ1v) is 6.26. The van der Waals surface area contributed by atoms with E-state index in [9.17, 15) is 19.7 Å². The summed E-state index contributed by atoms with van der Waals surface area (Å²) in [6.07, 6.45) is 1.79. The number of benzene rings is 1. The molecular weight excluding hydrogens is 264 g/mol. The lowest BCUT2D eigenvalue weighted by Crippen LogP contribution is -2.30. The van der Waals surface area contributed by atoms with E-state index in [4.69, 9.17) is 10.5 Å². The Hall–Kier alpha value is -2.44. The van der Waals surface area contributed by atoms with Gasteiger partial charge >= 0.3 is 5.97 Å². The van der Waals surface area contributed by atoms with Crippen LogP contribution in [-0.4, -0.2) is 22.8 Å². The first-order chi connectivity index (χ1) is 9.49. The number of nitrogens with zero attached hydrogens (tertiary/aromatic N) is 1. The Balaban J connectivity index is 2.15. The summed E-state index contributed by atoms with van der Waals surface area (Å²) in [5.41, 5.74) is 5.09. The summed E-state index contributed by atoms with van der Waals surface area (Å²) in [5.74, 6) is -0.845. The maximum Gasteiger partial charge on any atom is 0.339 e. The van der Waals surface area contributed by atoms with Gasteiger partial charge in [-0.1, -0.05) is 0 Å². The van der Waals surface area contributed by atoms with Crippen molar-refractivity contribution in [2.45, 2.75) is 31.8 Å². The Labute approximate surface area is 114 Å². The third-order valence-corrected chi connectivity index (χ3v) is 3.21. The molecule has 0 spiro atoms. The van der Waals surface area contributed by atoms with E-state index >= 15 is 0 Å². The van der Waals surface area contributed by atoms with Crippen molar-refractivity contribution in [3.05, 3.63) is 33.9 Å². The highest BCUT2D eigenvalue weighted by Crippen LogP contribution is 2.24.